The van der Waals surface area contributed by atoms with Crippen LogP contribution in [0.1, 0.15) is 18.9 Å². The van der Waals surface area contributed by atoms with E-state index in [2.05, 4.69) is 10.4 Å². The highest BCUT2D eigenvalue weighted by Gasteiger charge is 2.27. The van der Waals surface area contributed by atoms with E-state index in [-0.39, 0.29) is 6.42 Å². The molecule has 5 N–H and O–H groups in total. The molecule has 2 rings (SSSR count). The molecule has 0 bridgehead atoms. The van der Waals surface area contributed by atoms with Crippen molar-refractivity contribution < 1.29 is 4.79 Å². The summed E-state index contributed by atoms with van der Waals surface area (Å²) in [6, 6.07) is 9.60. The van der Waals surface area contributed by atoms with Crippen molar-refractivity contribution in [3.63, 3.8) is 0 Å². The van der Waals surface area contributed by atoms with Crippen LogP contribution < -0.4 is 17.0 Å². The minimum Gasteiger partial charge on any atom is -0.370 e. The minimum absolute atomic E-state index is 0.134. The largest absolute Gasteiger partial charge is 0.370 e. The number of carbonyl (C=O) groups excluding carboxylic acids is 1. The second-order valence-corrected chi connectivity index (χ2v) is 4.53. The summed E-state index contributed by atoms with van der Waals surface area (Å²) in [5, 5.41) is 1.00. The number of hydrogen-bond donors (Lipinski definition) is 3. The number of fused-ring (bicyclic) bond motifs is 1. The monoisotopic (exact) mass is 244 g/mol. The smallest absolute Gasteiger partial charge is 0.219 e. The van der Waals surface area contributed by atoms with Gasteiger partial charge in [0.15, 0.2) is 0 Å². The number of amides is 1. The maximum atomic E-state index is 11.1. The molecule has 18 heavy (non-hydrogen) atoms. The number of carbonyl (C=O) groups is 1. The molecule has 5 nitrogen and oxygen atoms in total. The van der Waals surface area contributed by atoms with Crippen LogP contribution in [0.15, 0.2) is 36.5 Å². The molecule has 1 aromatic heterocycles. The summed E-state index contributed by atoms with van der Waals surface area (Å²) in [4.78, 5) is 15.4. The van der Waals surface area contributed by atoms with E-state index in [0.29, 0.717) is 0 Å². The zero-order valence-electron chi connectivity index (χ0n) is 10.2. The average Bonchev–Trinajstić information content (AvgIpc) is 2.37. The van der Waals surface area contributed by atoms with E-state index >= 15 is 0 Å². The van der Waals surface area contributed by atoms with Crippen molar-refractivity contribution >= 4 is 16.8 Å². The van der Waals surface area contributed by atoms with Gasteiger partial charge in [-0.3, -0.25) is 15.6 Å². The first kappa shape index (κ1) is 12.5. The lowest BCUT2D eigenvalue weighted by atomic mass is 9.88. The Kier molecular flexibility index (Phi) is 3.27. The van der Waals surface area contributed by atoms with Crippen molar-refractivity contribution in [2.24, 2.45) is 11.6 Å². The van der Waals surface area contributed by atoms with Crippen molar-refractivity contribution in [1.29, 1.82) is 0 Å². The van der Waals surface area contributed by atoms with Gasteiger partial charge in [-0.2, -0.15) is 0 Å². The van der Waals surface area contributed by atoms with Crippen LogP contribution in [0.5, 0.6) is 0 Å². The average molecular weight is 244 g/mol. The van der Waals surface area contributed by atoms with Crippen LogP contribution in [0.25, 0.3) is 10.9 Å². The molecule has 0 aliphatic rings. The fourth-order valence-corrected chi connectivity index (χ4v) is 2.00. The first-order chi connectivity index (χ1) is 8.55. The summed E-state index contributed by atoms with van der Waals surface area (Å²) < 4.78 is 0. The van der Waals surface area contributed by atoms with E-state index in [1.54, 1.807) is 6.20 Å². The lowest BCUT2D eigenvalue weighted by Crippen LogP contribution is -2.46. The number of hydrogen-bond acceptors (Lipinski definition) is 4. The summed E-state index contributed by atoms with van der Waals surface area (Å²) >= 11 is 0. The fourth-order valence-electron chi connectivity index (χ4n) is 2.00. The molecule has 94 valence electrons. The number of rotatable bonds is 4. The van der Waals surface area contributed by atoms with Gasteiger partial charge in [0.2, 0.25) is 5.91 Å². The summed E-state index contributed by atoms with van der Waals surface area (Å²) in [5.74, 6) is 5.16. The summed E-state index contributed by atoms with van der Waals surface area (Å²) in [7, 11) is 0. The number of primary amides is 1. The molecule has 0 spiro atoms. The maximum Gasteiger partial charge on any atom is 0.219 e. The van der Waals surface area contributed by atoms with E-state index in [1.807, 2.05) is 37.3 Å². The van der Waals surface area contributed by atoms with Crippen molar-refractivity contribution in [3.8, 4) is 0 Å². The molecule has 0 saturated carbocycles. The van der Waals surface area contributed by atoms with Crippen molar-refractivity contribution in [3.05, 3.63) is 42.1 Å². The van der Waals surface area contributed by atoms with Crippen LogP contribution in [-0.2, 0) is 10.3 Å². The zero-order chi connectivity index (χ0) is 13.2. The Morgan fingerprint density at radius 2 is 2.22 bits per heavy atom. The van der Waals surface area contributed by atoms with Gasteiger partial charge in [0.05, 0.1) is 11.1 Å². The van der Waals surface area contributed by atoms with Gasteiger partial charge in [-0.05, 0) is 30.7 Å². The third-order valence-corrected chi connectivity index (χ3v) is 3.09. The Labute approximate surface area is 105 Å². The molecule has 1 atom stereocenters. The van der Waals surface area contributed by atoms with Gasteiger partial charge in [-0.25, -0.2) is 5.43 Å². The lowest BCUT2D eigenvalue weighted by molar-refractivity contribution is -0.119. The number of nitrogens with zero attached hydrogens (tertiary/aromatic N) is 1. The Bertz CT molecular complexity index is 584. The molecular formula is C13H16N4O. The van der Waals surface area contributed by atoms with Crippen molar-refractivity contribution in [1.82, 2.24) is 10.4 Å². The molecule has 1 unspecified atom stereocenters. The lowest BCUT2D eigenvalue weighted by Gasteiger charge is -2.28. The first-order valence-electron chi connectivity index (χ1n) is 5.66. The highest BCUT2D eigenvalue weighted by atomic mass is 16.1. The summed E-state index contributed by atoms with van der Waals surface area (Å²) in [6.07, 6.45) is 1.88. The first-order valence-corrected chi connectivity index (χ1v) is 5.66. The number of nitrogens with two attached hydrogens (primary N) is 2. The molecule has 0 saturated heterocycles. The van der Waals surface area contributed by atoms with E-state index in [4.69, 9.17) is 11.6 Å². The van der Waals surface area contributed by atoms with E-state index in [9.17, 15) is 4.79 Å². The second kappa shape index (κ2) is 4.72. The van der Waals surface area contributed by atoms with Crippen LogP contribution in [0.2, 0.25) is 0 Å². The molecule has 1 amide bonds. The minimum atomic E-state index is -0.671. The fraction of sp³-hybridized carbons (Fsp3) is 0.231. The topological polar surface area (TPSA) is 94.0 Å². The zero-order valence-corrected chi connectivity index (χ0v) is 10.2. The predicted octanol–water partition coefficient (Wildman–Crippen LogP) is 0.789. The second-order valence-electron chi connectivity index (χ2n) is 4.53. The normalized spacial score (nSPS) is 14.3. The third-order valence-electron chi connectivity index (χ3n) is 3.09. The maximum absolute atomic E-state index is 11.1. The Hall–Kier alpha value is -1.98. The van der Waals surface area contributed by atoms with Gasteiger partial charge in [0, 0.05) is 18.0 Å². The summed E-state index contributed by atoms with van der Waals surface area (Å²) in [6.45, 7) is 1.84. The van der Waals surface area contributed by atoms with Crippen molar-refractivity contribution in [2.75, 3.05) is 0 Å². The number of aromatic nitrogens is 1. The summed E-state index contributed by atoms with van der Waals surface area (Å²) in [5.41, 5.74) is 9.07. The van der Waals surface area contributed by atoms with Crippen LogP contribution in [0.3, 0.4) is 0 Å². The van der Waals surface area contributed by atoms with E-state index < -0.39 is 11.4 Å². The third kappa shape index (κ3) is 2.32. The van der Waals surface area contributed by atoms with E-state index in [0.717, 1.165) is 16.5 Å². The Morgan fingerprint density at radius 3 is 2.89 bits per heavy atom. The molecule has 0 aliphatic heterocycles. The van der Waals surface area contributed by atoms with Gasteiger partial charge in [0.1, 0.15) is 0 Å². The molecule has 0 fully saturated rings. The molecule has 5 heteroatoms. The molecular weight excluding hydrogens is 228 g/mol. The Balaban J connectivity index is 2.48. The molecule has 0 radical (unpaired) electrons. The number of pyridine rings is 1. The van der Waals surface area contributed by atoms with E-state index in [1.165, 1.54) is 0 Å². The number of nitrogens with one attached hydrogen (secondary N) is 1. The van der Waals surface area contributed by atoms with Gasteiger partial charge in [0.25, 0.3) is 0 Å². The standard InChI is InChI=1S/C13H16N4O/c1-13(17-15,8-12(14)18)10-4-5-11-9(7-10)3-2-6-16-11/h2-7,17H,8,15H2,1H3,(H2,14,18). The van der Waals surface area contributed by atoms with Crippen LogP contribution in [-0.4, -0.2) is 10.9 Å². The molecule has 2 aromatic rings. The van der Waals surface area contributed by atoms with Crippen LogP contribution in [0.4, 0.5) is 0 Å². The quantitative estimate of drug-likeness (QED) is 0.547. The number of hydrazine groups is 1. The van der Waals surface area contributed by atoms with Crippen LogP contribution in [0, 0.1) is 0 Å². The SMILES string of the molecule is CC(CC(N)=O)(NN)c1ccc2ncccc2c1. The van der Waals surface area contributed by atoms with Gasteiger partial charge < -0.3 is 5.73 Å². The Morgan fingerprint density at radius 1 is 1.44 bits per heavy atom. The molecule has 1 aromatic carbocycles. The van der Waals surface area contributed by atoms with Crippen LogP contribution >= 0.6 is 0 Å². The predicted molar refractivity (Wildman–Crippen MR) is 70.2 cm³/mol. The molecule has 0 aliphatic carbocycles. The van der Waals surface area contributed by atoms with Gasteiger partial charge in [-0.1, -0.05) is 12.1 Å². The highest BCUT2D eigenvalue weighted by molar-refractivity contribution is 5.80. The van der Waals surface area contributed by atoms with Gasteiger partial charge in [-0.15, -0.1) is 0 Å². The number of benzene rings is 1. The van der Waals surface area contributed by atoms with Crippen molar-refractivity contribution in [2.45, 2.75) is 18.9 Å². The molecule has 1 heterocycles. The van der Waals surface area contributed by atoms with Gasteiger partial charge >= 0.3 is 0 Å². The highest BCUT2D eigenvalue weighted by Crippen LogP contribution is 2.26.